The van der Waals surface area contributed by atoms with E-state index in [-0.39, 0.29) is 25.4 Å². The number of esters is 1. The Kier molecular flexibility index (Phi) is 8.25. The van der Waals surface area contributed by atoms with Gasteiger partial charge in [-0.15, -0.1) is 11.6 Å². The zero-order valence-corrected chi connectivity index (χ0v) is 17.6. The van der Waals surface area contributed by atoms with E-state index in [0.717, 1.165) is 40.9 Å². The molecule has 2 aromatic rings. The molecule has 0 atom stereocenters. The van der Waals surface area contributed by atoms with Crippen LogP contribution in [0.3, 0.4) is 0 Å². The second kappa shape index (κ2) is 11.1. The van der Waals surface area contributed by atoms with Crippen LogP contribution in [-0.4, -0.2) is 48.2 Å². The molecule has 1 saturated heterocycles. The Morgan fingerprint density at radius 2 is 1.63 bits per heavy atom. The van der Waals surface area contributed by atoms with Gasteiger partial charge < -0.3 is 14.6 Å². The number of halogens is 1. The van der Waals surface area contributed by atoms with Gasteiger partial charge in [0.05, 0.1) is 26.1 Å². The van der Waals surface area contributed by atoms with Crippen LogP contribution in [0.25, 0.3) is 0 Å². The molecule has 0 spiro atoms. The van der Waals surface area contributed by atoms with E-state index in [0.29, 0.717) is 25.6 Å². The number of carbonyl (C=O) groups excluding carboxylic acids is 1. The minimum absolute atomic E-state index is 0.0649. The average molecular weight is 432 g/mol. The van der Waals surface area contributed by atoms with Crippen molar-refractivity contribution >= 4 is 23.5 Å². The number of hydrogen-bond donors (Lipinski definition) is 1. The monoisotopic (exact) mass is 431 g/mol. The molecule has 1 heterocycles. The fourth-order valence-electron chi connectivity index (χ4n) is 3.56. The minimum atomic E-state index is -0.884. The highest BCUT2D eigenvalue weighted by atomic mass is 35.5. The maximum Gasteiger partial charge on any atom is 0.310 e. The summed E-state index contributed by atoms with van der Waals surface area (Å²) >= 11 is 5.95. The van der Waals surface area contributed by atoms with Gasteiger partial charge in [0.2, 0.25) is 0 Å². The summed E-state index contributed by atoms with van der Waals surface area (Å²) in [5.74, 6) is -0.886. The molecule has 0 saturated carbocycles. The first-order valence-electron chi connectivity index (χ1n) is 9.96. The van der Waals surface area contributed by atoms with Crippen molar-refractivity contribution in [3.63, 3.8) is 0 Å². The van der Waals surface area contributed by atoms with Crippen molar-refractivity contribution in [1.82, 2.24) is 4.90 Å². The maximum atomic E-state index is 12.4. The number of aliphatic carboxylic acids is 1. The van der Waals surface area contributed by atoms with Crippen LogP contribution >= 0.6 is 11.6 Å². The predicted molar refractivity (Wildman–Crippen MR) is 113 cm³/mol. The quantitative estimate of drug-likeness (QED) is 0.485. The van der Waals surface area contributed by atoms with E-state index < -0.39 is 5.97 Å². The van der Waals surface area contributed by atoms with E-state index in [1.165, 1.54) is 0 Å². The number of nitrogens with zero attached hydrogens (tertiary/aromatic N) is 1. The summed E-state index contributed by atoms with van der Waals surface area (Å²) in [6.07, 6.45) is 0.0844. The molecule has 1 N–H and O–H groups in total. The SMILES string of the molecule is O=C(O)Cc1cccc(COC(=O)Cc2ccccc2CCl)c1CN1CCOCC1. The molecule has 0 aliphatic carbocycles. The van der Waals surface area contributed by atoms with Gasteiger partial charge in [-0.05, 0) is 27.8 Å². The van der Waals surface area contributed by atoms with Crippen LogP contribution in [0.5, 0.6) is 0 Å². The van der Waals surface area contributed by atoms with Crippen molar-refractivity contribution in [2.24, 2.45) is 0 Å². The highest BCUT2D eigenvalue weighted by Gasteiger charge is 2.18. The van der Waals surface area contributed by atoms with Crippen LogP contribution in [0.1, 0.15) is 27.8 Å². The smallest absolute Gasteiger partial charge is 0.310 e. The Labute approximate surface area is 181 Å². The average Bonchev–Trinajstić information content (AvgIpc) is 2.74. The number of benzene rings is 2. The number of ether oxygens (including phenoxy) is 2. The second-order valence-electron chi connectivity index (χ2n) is 7.25. The zero-order valence-electron chi connectivity index (χ0n) is 16.8. The van der Waals surface area contributed by atoms with Crippen molar-refractivity contribution in [2.45, 2.75) is 31.9 Å². The Balaban J connectivity index is 1.72. The third-order valence-corrected chi connectivity index (χ3v) is 5.47. The van der Waals surface area contributed by atoms with E-state index in [9.17, 15) is 14.7 Å². The molecule has 0 unspecified atom stereocenters. The van der Waals surface area contributed by atoms with Gasteiger partial charge in [0, 0.05) is 25.5 Å². The summed E-state index contributed by atoms with van der Waals surface area (Å²) in [5.41, 5.74) is 4.25. The van der Waals surface area contributed by atoms with Gasteiger partial charge in [-0.25, -0.2) is 0 Å². The number of carbonyl (C=O) groups is 2. The molecule has 0 bridgehead atoms. The molecule has 2 aromatic carbocycles. The lowest BCUT2D eigenvalue weighted by Crippen LogP contribution is -2.36. The van der Waals surface area contributed by atoms with Gasteiger partial charge in [0.25, 0.3) is 0 Å². The first kappa shape index (κ1) is 22.3. The van der Waals surface area contributed by atoms with E-state index in [4.69, 9.17) is 21.1 Å². The van der Waals surface area contributed by atoms with Gasteiger partial charge in [-0.2, -0.15) is 0 Å². The molecule has 7 heteroatoms. The van der Waals surface area contributed by atoms with Gasteiger partial charge in [0.15, 0.2) is 0 Å². The lowest BCUT2D eigenvalue weighted by molar-refractivity contribution is -0.144. The molecule has 30 heavy (non-hydrogen) atoms. The lowest BCUT2D eigenvalue weighted by atomic mass is 9.98. The van der Waals surface area contributed by atoms with Crippen LogP contribution in [0.4, 0.5) is 0 Å². The highest BCUT2D eigenvalue weighted by molar-refractivity contribution is 6.17. The molecular weight excluding hydrogens is 406 g/mol. The maximum absolute atomic E-state index is 12.4. The van der Waals surface area contributed by atoms with Gasteiger partial charge in [-0.3, -0.25) is 14.5 Å². The summed E-state index contributed by atoms with van der Waals surface area (Å²) in [4.78, 5) is 26.0. The van der Waals surface area contributed by atoms with Crippen LogP contribution in [0.15, 0.2) is 42.5 Å². The number of rotatable bonds is 9. The van der Waals surface area contributed by atoms with E-state index in [1.807, 2.05) is 42.5 Å². The van der Waals surface area contributed by atoms with Crippen LogP contribution in [-0.2, 0) is 50.9 Å². The molecule has 6 nitrogen and oxygen atoms in total. The normalized spacial score (nSPS) is 14.4. The van der Waals surface area contributed by atoms with Crippen molar-refractivity contribution < 1.29 is 24.2 Å². The first-order chi connectivity index (χ1) is 14.6. The Morgan fingerprint density at radius 3 is 2.33 bits per heavy atom. The van der Waals surface area contributed by atoms with Crippen LogP contribution in [0.2, 0.25) is 0 Å². The van der Waals surface area contributed by atoms with Gasteiger partial charge in [0.1, 0.15) is 6.61 Å². The van der Waals surface area contributed by atoms with Gasteiger partial charge >= 0.3 is 11.9 Å². The van der Waals surface area contributed by atoms with E-state index >= 15 is 0 Å². The molecular formula is C23H26ClNO5. The molecule has 160 valence electrons. The van der Waals surface area contributed by atoms with Crippen molar-refractivity contribution in [3.05, 3.63) is 70.3 Å². The summed E-state index contributed by atoms with van der Waals surface area (Å²) in [5, 5.41) is 9.29. The third-order valence-electron chi connectivity index (χ3n) is 5.18. The molecule has 1 aliphatic rings. The van der Waals surface area contributed by atoms with Crippen LogP contribution < -0.4 is 0 Å². The standard InChI is InChI=1S/C23H26ClNO5/c24-14-19-5-2-1-4-17(19)13-23(28)30-16-20-7-3-6-18(12-22(26)27)21(20)15-25-8-10-29-11-9-25/h1-7H,8-16H2,(H,26,27). The molecule has 0 aromatic heterocycles. The fourth-order valence-corrected chi connectivity index (χ4v) is 3.82. The summed E-state index contributed by atoms with van der Waals surface area (Å²) in [6, 6.07) is 13.1. The second-order valence-corrected chi connectivity index (χ2v) is 7.52. The van der Waals surface area contributed by atoms with Crippen LogP contribution in [0, 0.1) is 0 Å². The first-order valence-corrected chi connectivity index (χ1v) is 10.5. The van der Waals surface area contributed by atoms with Crippen molar-refractivity contribution in [1.29, 1.82) is 0 Å². The Morgan fingerprint density at radius 1 is 0.967 bits per heavy atom. The number of carboxylic acid groups (broad SMARTS) is 1. The van der Waals surface area contributed by atoms with Crippen molar-refractivity contribution in [3.8, 4) is 0 Å². The molecule has 0 radical (unpaired) electrons. The number of alkyl halides is 1. The molecule has 3 rings (SSSR count). The number of morpholine rings is 1. The fraction of sp³-hybridized carbons (Fsp3) is 0.391. The van der Waals surface area contributed by atoms with E-state index in [2.05, 4.69) is 4.90 Å². The highest BCUT2D eigenvalue weighted by Crippen LogP contribution is 2.21. The number of carboxylic acids is 1. The van der Waals surface area contributed by atoms with E-state index in [1.54, 1.807) is 0 Å². The zero-order chi connectivity index (χ0) is 21.3. The lowest BCUT2D eigenvalue weighted by Gasteiger charge is -2.28. The molecule has 1 fully saturated rings. The molecule has 0 amide bonds. The minimum Gasteiger partial charge on any atom is -0.481 e. The summed E-state index contributed by atoms with van der Waals surface area (Å²) in [7, 11) is 0. The van der Waals surface area contributed by atoms with Gasteiger partial charge in [-0.1, -0.05) is 42.5 Å². The third kappa shape index (κ3) is 6.29. The summed E-state index contributed by atoms with van der Waals surface area (Å²) in [6.45, 7) is 3.60. The number of hydrogen-bond acceptors (Lipinski definition) is 5. The Bertz CT molecular complexity index is 880. The topological polar surface area (TPSA) is 76.1 Å². The van der Waals surface area contributed by atoms with Crippen molar-refractivity contribution in [2.75, 3.05) is 26.3 Å². The Hall–Kier alpha value is -2.41. The largest absolute Gasteiger partial charge is 0.481 e. The molecule has 1 aliphatic heterocycles. The summed E-state index contributed by atoms with van der Waals surface area (Å²) < 4.78 is 11.0. The predicted octanol–water partition coefficient (Wildman–Crippen LogP) is 3.17.